The molecule has 0 aliphatic carbocycles. The van der Waals surface area contributed by atoms with Crippen LogP contribution in [0.4, 0.5) is 4.79 Å². The van der Waals surface area contributed by atoms with Crippen molar-refractivity contribution in [3.63, 3.8) is 0 Å². The highest BCUT2D eigenvalue weighted by Crippen LogP contribution is 2.18. The van der Waals surface area contributed by atoms with Gasteiger partial charge in [0.05, 0.1) is 0 Å². The van der Waals surface area contributed by atoms with Gasteiger partial charge < -0.3 is 10.1 Å². The van der Waals surface area contributed by atoms with Crippen LogP contribution in [0, 0.1) is 13.8 Å². The zero-order valence-electron chi connectivity index (χ0n) is 11.6. The molecule has 2 N–H and O–H groups in total. The molecule has 19 heavy (non-hydrogen) atoms. The topological polar surface area (TPSA) is 67.4 Å². The molecule has 0 heterocycles. The van der Waals surface area contributed by atoms with E-state index in [1.807, 2.05) is 39.0 Å². The SMILES string of the molecule is CCCNC(=O)NC(=O)COc1cc(C)ccc1C. The van der Waals surface area contributed by atoms with Crippen LogP contribution in [0.5, 0.6) is 5.75 Å². The van der Waals surface area contributed by atoms with Crippen molar-refractivity contribution < 1.29 is 14.3 Å². The molecule has 0 aliphatic rings. The molecule has 5 nitrogen and oxygen atoms in total. The minimum Gasteiger partial charge on any atom is -0.483 e. The number of benzene rings is 1. The van der Waals surface area contributed by atoms with Crippen molar-refractivity contribution in [2.24, 2.45) is 0 Å². The first kappa shape index (κ1) is 15.0. The van der Waals surface area contributed by atoms with Crippen LogP contribution >= 0.6 is 0 Å². The fourth-order valence-electron chi connectivity index (χ4n) is 1.45. The van der Waals surface area contributed by atoms with Crippen molar-refractivity contribution in [2.45, 2.75) is 27.2 Å². The highest BCUT2D eigenvalue weighted by atomic mass is 16.5. The molecule has 0 saturated carbocycles. The van der Waals surface area contributed by atoms with Gasteiger partial charge in [-0.25, -0.2) is 4.79 Å². The number of ether oxygens (including phenoxy) is 1. The molecule has 3 amide bonds. The maximum absolute atomic E-state index is 11.5. The molecule has 0 fully saturated rings. The molecule has 1 aromatic carbocycles. The molecule has 0 unspecified atom stereocenters. The van der Waals surface area contributed by atoms with E-state index < -0.39 is 11.9 Å². The Kier molecular flexibility index (Phi) is 5.85. The van der Waals surface area contributed by atoms with Crippen molar-refractivity contribution in [2.75, 3.05) is 13.2 Å². The number of carbonyl (C=O) groups is 2. The zero-order valence-corrected chi connectivity index (χ0v) is 11.6. The Balaban J connectivity index is 2.41. The van der Waals surface area contributed by atoms with E-state index >= 15 is 0 Å². The third-order valence-corrected chi connectivity index (χ3v) is 2.49. The predicted octanol–water partition coefficient (Wildman–Crippen LogP) is 1.92. The molecule has 0 radical (unpaired) electrons. The number of imide groups is 1. The normalized spacial score (nSPS) is 9.84. The lowest BCUT2D eigenvalue weighted by Crippen LogP contribution is -2.41. The minimum absolute atomic E-state index is 0.177. The van der Waals surface area contributed by atoms with Gasteiger partial charge in [-0.05, 0) is 37.5 Å². The summed E-state index contributed by atoms with van der Waals surface area (Å²) in [5.74, 6) is 0.193. The summed E-state index contributed by atoms with van der Waals surface area (Å²) in [5.41, 5.74) is 2.01. The van der Waals surface area contributed by atoms with Gasteiger partial charge in [0.2, 0.25) is 0 Å². The van der Waals surface area contributed by atoms with Gasteiger partial charge in [0.1, 0.15) is 5.75 Å². The quantitative estimate of drug-likeness (QED) is 0.853. The van der Waals surface area contributed by atoms with Crippen molar-refractivity contribution in [3.05, 3.63) is 29.3 Å². The minimum atomic E-state index is -0.489. The molecule has 0 aliphatic heterocycles. The summed E-state index contributed by atoms with van der Waals surface area (Å²) in [5, 5.41) is 4.76. The number of carbonyl (C=O) groups excluding carboxylic acids is 2. The predicted molar refractivity (Wildman–Crippen MR) is 73.2 cm³/mol. The summed E-state index contributed by atoms with van der Waals surface area (Å²) in [4.78, 5) is 22.7. The van der Waals surface area contributed by atoms with Gasteiger partial charge in [-0.1, -0.05) is 19.1 Å². The Hall–Kier alpha value is -2.04. The highest BCUT2D eigenvalue weighted by Gasteiger charge is 2.08. The monoisotopic (exact) mass is 264 g/mol. The van der Waals surface area contributed by atoms with E-state index in [-0.39, 0.29) is 6.61 Å². The van der Waals surface area contributed by atoms with Crippen LogP contribution in [0.1, 0.15) is 24.5 Å². The van der Waals surface area contributed by atoms with Gasteiger partial charge in [-0.3, -0.25) is 10.1 Å². The van der Waals surface area contributed by atoms with Crippen LogP contribution < -0.4 is 15.4 Å². The Morgan fingerprint density at radius 1 is 1.26 bits per heavy atom. The molecule has 0 spiro atoms. The fourth-order valence-corrected chi connectivity index (χ4v) is 1.45. The summed E-state index contributed by atoms with van der Waals surface area (Å²) >= 11 is 0. The fraction of sp³-hybridized carbons (Fsp3) is 0.429. The number of rotatable bonds is 5. The van der Waals surface area contributed by atoms with Crippen LogP contribution in [0.3, 0.4) is 0 Å². The molecule has 5 heteroatoms. The van der Waals surface area contributed by atoms with Gasteiger partial charge in [-0.15, -0.1) is 0 Å². The largest absolute Gasteiger partial charge is 0.483 e. The molecular weight excluding hydrogens is 244 g/mol. The summed E-state index contributed by atoms with van der Waals surface area (Å²) in [7, 11) is 0. The van der Waals surface area contributed by atoms with E-state index in [0.717, 1.165) is 17.5 Å². The first-order valence-electron chi connectivity index (χ1n) is 6.30. The molecular formula is C14H20N2O3. The average molecular weight is 264 g/mol. The van der Waals surface area contributed by atoms with Crippen LogP contribution in [0.2, 0.25) is 0 Å². The average Bonchev–Trinajstić information content (AvgIpc) is 2.37. The maximum atomic E-state index is 11.5. The first-order valence-corrected chi connectivity index (χ1v) is 6.30. The number of urea groups is 1. The molecule has 104 valence electrons. The number of aryl methyl sites for hydroxylation is 2. The molecule has 1 rings (SSSR count). The molecule has 1 aromatic rings. The summed E-state index contributed by atoms with van der Waals surface area (Å²) in [6, 6.07) is 5.27. The van der Waals surface area contributed by atoms with Gasteiger partial charge in [0.15, 0.2) is 6.61 Å². The number of hydrogen-bond donors (Lipinski definition) is 2. The smallest absolute Gasteiger partial charge is 0.321 e. The molecule has 0 atom stereocenters. The highest BCUT2D eigenvalue weighted by molar-refractivity contribution is 5.94. The summed E-state index contributed by atoms with van der Waals surface area (Å²) < 4.78 is 5.39. The van der Waals surface area contributed by atoms with Crippen LogP contribution in [-0.4, -0.2) is 25.1 Å². The first-order chi connectivity index (χ1) is 9.02. The number of amides is 3. The summed E-state index contributed by atoms with van der Waals surface area (Å²) in [6.07, 6.45) is 0.820. The molecule has 0 aromatic heterocycles. The molecule has 0 bridgehead atoms. The summed E-state index contributed by atoms with van der Waals surface area (Å²) in [6.45, 7) is 6.15. The Bertz CT molecular complexity index is 458. The lowest BCUT2D eigenvalue weighted by Gasteiger charge is -2.10. The van der Waals surface area contributed by atoms with E-state index in [1.54, 1.807) is 0 Å². The van der Waals surface area contributed by atoms with E-state index in [4.69, 9.17) is 4.74 Å². The maximum Gasteiger partial charge on any atom is 0.321 e. The van der Waals surface area contributed by atoms with Gasteiger partial charge in [0.25, 0.3) is 5.91 Å². The number of hydrogen-bond acceptors (Lipinski definition) is 3. The second kappa shape index (κ2) is 7.41. The lowest BCUT2D eigenvalue weighted by molar-refractivity contribution is -0.122. The third kappa shape index (κ3) is 5.42. The van der Waals surface area contributed by atoms with E-state index in [1.165, 1.54) is 0 Å². The molecule has 0 saturated heterocycles. The van der Waals surface area contributed by atoms with Crippen molar-refractivity contribution >= 4 is 11.9 Å². The van der Waals surface area contributed by atoms with Gasteiger partial charge in [0, 0.05) is 6.54 Å². The van der Waals surface area contributed by atoms with E-state index in [2.05, 4.69) is 10.6 Å². The van der Waals surface area contributed by atoms with Gasteiger partial charge in [-0.2, -0.15) is 0 Å². The Labute approximate surface area is 113 Å². The Morgan fingerprint density at radius 3 is 2.68 bits per heavy atom. The lowest BCUT2D eigenvalue weighted by atomic mass is 10.1. The third-order valence-electron chi connectivity index (χ3n) is 2.49. The van der Waals surface area contributed by atoms with Crippen molar-refractivity contribution in [3.8, 4) is 5.75 Å². The number of nitrogens with one attached hydrogen (secondary N) is 2. The second-order valence-electron chi connectivity index (χ2n) is 4.36. The van der Waals surface area contributed by atoms with Crippen LogP contribution in [-0.2, 0) is 4.79 Å². The van der Waals surface area contributed by atoms with Crippen LogP contribution in [0.25, 0.3) is 0 Å². The van der Waals surface area contributed by atoms with Crippen molar-refractivity contribution in [1.29, 1.82) is 0 Å². The van der Waals surface area contributed by atoms with Crippen LogP contribution in [0.15, 0.2) is 18.2 Å². The zero-order chi connectivity index (χ0) is 14.3. The van der Waals surface area contributed by atoms with E-state index in [9.17, 15) is 9.59 Å². The second-order valence-corrected chi connectivity index (χ2v) is 4.36. The Morgan fingerprint density at radius 2 is 2.00 bits per heavy atom. The van der Waals surface area contributed by atoms with Gasteiger partial charge >= 0.3 is 6.03 Å². The van der Waals surface area contributed by atoms with Crippen molar-refractivity contribution in [1.82, 2.24) is 10.6 Å². The standard InChI is InChI=1S/C14H20N2O3/c1-4-7-15-14(18)16-13(17)9-19-12-8-10(2)5-6-11(12)3/h5-6,8H,4,7,9H2,1-3H3,(H2,15,16,17,18). The van der Waals surface area contributed by atoms with E-state index in [0.29, 0.717) is 12.3 Å².